The number of alkyl halides is 3. The highest BCUT2D eigenvalue weighted by Crippen LogP contribution is 2.31. The van der Waals surface area contributed by atoms with E-state index in [1.165, 1.54) is 12.1 Å². The maximum atomic E-state index is 12.8. The minimum atomic E-state index is -4.33. The summed E-state index contributed by atoms with van der Waals surface area (Å²) in [5, 5.41) is 2.97. The van der Waals surface area contributed by atoms with Gasteiger partial charge in [-0.05, 0) is 39.7 Å². The zero-order valence-electron chi connectivity index (χ0n) is 10.4. The van der Waals surface area contributed by atoms with E-state index in [4.69, 9.17) is 0 Å². The second-order valence-corrected chi connectivity index (χ2v) is 5.14. The van der Waals surface area contributed by atoms with E-state index in [1.54, 1.807) is 12.3 Å². The Bertz CT molecular complexity index is 567. The van der Waals surface area contributed by atoms with Gasteiger partial charge in [-0.3, -0.25) is 4.98 Å². The van der Waals surface area contributed by atoms with E-state index in [-0.39, 0.29) is 12.1 Å². The minimum absolute atomic E-state index is 0.146. The molecule has 6 heteroatoms. The molecule has 2 nitrogen and oxygen atoms in total. The van der Waals surface area contributed by atoms with E-state index < -0.39 is 11.7 Å². The van der Waals surface area contributed by atoms with E-state index >= 15 is 0 Å². The topological polar surface area (TPSA) is 24.9 Å². The van der Waals surface area contributed by atoms with E-state index in [1.807, 2.05) is 12.1 Å². The molecular weight excluding hydrogens is 333 g/mol. The smallest absolute Gasteiger partial charge is 0.307 e. The van der Waals surface area contributed by atoms with Crippen LogP contribution in [0.1, 0.15) is 16.8 Å². The van der Waals surface area contributed by atoms with Gasteiger partial charge in [-0.15, -0.1) is 0 Å². The van der Waals surface area contributed by atoms with Crippen LogP contribution < -0.4 is 5.32 Å². The summed E-state index contributed by atoms with van der Waals surface area (Å²) in [6.07, 6.45) is -2.67. The second-order valence-electron chi connectivity index (χ2n) is 4.23. The molecule has 0 atom stereocenters. The normalized spacial score (nSPS) is 11.6. The fraction of sp³-hybridized carbons (Fsp3) is 0.214. The zero-order chi connectivity index (χ0) is 14.6. The molecule has 0 aliphatic heterocycles. The third-order valence-electron chi connectivity index (χ3n) is 2.73. The molecular formula is C14H12BrF3N2. The number of nitrogens with one attached hydrogen (secondary N) is 1. The van der Waals surface area contributed by atoms with Crippen LogP contribution in [-0.2, 0) is 19.3 Å². The SMILES string of the molecule is FC(F)(F)c1ccccc1CNCc1ccc(Br)cn1. The molecule has 0 unspecified atom stereocenters. The van der Waals surface area contributed by atoms with Crippen LogP contribution in [0.25, 0.3) is 0 Å². The first kappa shape index (κ1) is 15.0. The molecule has 1 aromatic heterocycles. The molecule has 0 aliphatic rings. The predicted molar refractivity (Wildman–Crippen MR) is 73.9 cm³/mol. The number of pyridine rings is 1. The molecule has 0 saturated heterocycles. The van der Waals surface area contributed by atoms with Crippen LogP contribution in [0.2, 0.25) is 0 Å². The van der Waals surface area contributed by atoms with Crippen molar-refractivity contribution in [1.29, 1.82) is 0 Å². The highest BCUT2D eigenvalue weighted by Gasteiger charge is 2.32. The van der Waals surface area contributed by atoms with Crippen LogP contribution in [0.3, 0.4) is 0 Å². The number of halogens is 4. The molecule has 0 amide bonds. The lowest BCUT2D eigenvalue weighted by molar-refractivity contribution is -0.138. The van der Waals surface area contributed by atoms with Gasteiger partial charge in [0.25, 0.3) is 0 Å². The standard InChI is InChI=1S/C14H12BrF3N2/c15-11-5-6-12(20-8-11)9-19-7-10-3-1-2-4-13(10)14(16,17)18/h1-6,8,19H,7,9H2. The zero-order valence-corrected chi connectivity index (χ0v) is 12.0. The number of hydrogen-bond donors (Lipinski definition) is 1. The molecule has 20 heavy (non-hydrogen) atoms. The summed E-state index contributed by atoms with van der Waals surface area (Å²) in [4.78, 5) is 4.15. The van der Waals surface area contributed by atoms with Crippen molar-refractivity contribution in [2.24, 2.45) is 0 Å². The Kier molecular flexibility index (Phi) is 4.77. The first-order valence-corrected chi connectivity index (χ1v) is 6.72. The minimum Gasteiger partial charge on any atom is -0.307 e. The van der Waals surface area contributed by atoms with E-state index in [9.17, 15) is 13.2 Å². The van der Waals surface area contributed by atoms with Crippen molar-refractivity contribution in [3.8, 4) is 0 Å². The largest absolute Gasteiger partial charge is 0.416 e. The Morgan fingerprint density at radius 3 is 2.45 bits per heavy atom. The van der Waals surface area contributed by atoms with Gasteiger partial charge in [0.15, 0.2) is 0 Å². The van der Waals surface area contributed by atoms with Crippen LogP contribution in [0.15, 0.2) is 47.1 Å². The monoisotopic (exact) mass is 344 g/mol. The summed E-state index contributed by atoms with van der Waals surface area (Å²) >= 11 is 3.27. The molecule has 0 spiro atoms. The Morgan fingerprint density at radius 2 is 1.80 bits per heavy atom. The molecule has 2 aromatic rings. The lowest BCUT2D eigenvalue weighted by atomic mass is 10.1. The van der Waals surface area contributed by atoms with Crippen molar-refractivity contribution in [2.45, 2.75) is 19.3 Å². The molecule has 2 rings (SSSR count). The van der Waals surface area contributed by atoms with Crippen molar-refractivity contribution in [1.82, 2.24) is 10.3 Å². The van der Waals surface area contributed by atoms with Crippen molar-refractivity contribution in [3.05, 3.63) is 63.9 Å². The van der Waals surface area contributed by atoms with Crippen LogP contribution in [0, 0.1) is 0 Å². The first-order valence-electron chi connectivity index (χ1n) is 5.93. The number of benzene rings is 1. The van der Waals surface area contributed by atoms with Gasteiger partial charge in [0.2, 0.25) is 0 Å². The van der Waals surface area contributed by atoms with Gasteiger partial charge in [0, 0.05) is 23.8 Å². The molecule has 0 saturated carbocycles. The average Bonchev–Trinajstić information content (AvgIpc) is 2.40. The predicted octanol–water partition coefficient (Wildman–Crippen LogP) is 4.15. The molecule has 1 aromatic carbocycles. The van der Waals surface area contributed by atoms with Crippen LogP contribution >= 0.6 is 15.9 Å². The Morgan fingerprint density at radius 1 is 1.05 bits per heavy atom. The number of aromatic nitrogens is 1. The molecule has 0 aliphatic carbocycles. The molecule has 0 fully saturated rings. The molecule has 0 radical (unpaired) electrons. The number of hydrogen-bond acceptors (Lipinski definition) is 2. The Balaban J connectivity index is 1.99. The number of nitrogens with zero attached hydrogens (tertiary/aromatic N) is 1. The maximum Gasteiger partial charge on any atom is 0.416 e. The van der Waals surface area contributed by atoms with Gasteiger partial charge in [-0.1, -0.05) is 18.2 Å². The molecule has 0 bridgehead atoms. The summed E-state index contributed by atoms with van der Waals surface area (Å²) in [5.41, 5.74) is 0.408. The summed E-state index contributed by atoms with van der Waals surface area (Å²) in [6, 6.07) is 9.22. The molecule has 106 valence electrons. The number of rotatable bonds is 4. The van der Waals surface area contributed by atoms with Crippen molar-refractivity contribution in [3.63, 3.8) is 0 Å². The summed E-state index contributed by atoms with van der Waals surface area (Å²) in [6.45, 7) is 0.562. The first-order chi connectivity index (χ1) is 9.47. The van der Waals surface area contributed by atoms with E-state index in [2.05, 4.69) is 26.2 Å². The highest BCUT2D eigenvalue weighted by molar-refractivity contribution is 9.10. The van der Waals surface area contributed by atoms with Crippen molar-refractivity contribution in [2.75, 3.05) is 0 Å². The van der Waals surface area contributed by atoms with Crippen LogP contribution in [0.4, 0.5) is 13.2 Å². The quantitative estimate of drug-likeness (QED) is 0.900. The van der Waals surface area contributed by atoms with Crippen LogP contribution in [0.5, 0.6) is 0 Å². The van der Waals surface area contributed by atoms with Gasteiger partial charge in [-0.2, -0.15) is 13.2 Å². The van der Waals surface area contributed by atoms with Gasteiger partial charge >= 0.3 is 6.18 Å². The van der Waals surface area contributed by atoms with Crippen molar-refractivity contribution < 1.29 is 13.2 Å². The van der Waals surface area contributed by atoms with E-state index in [0.717, 1.165) is 16.2 Å². The lowest BCUT2D eigenvalue weighted by Gasteiger charge is -2.13. The summed E-state index contributed by atoms with van der Waals surface area (Å²) in [7, 11) is 0. The van der Waals surface area contributed by atoms with E-state index in [0.29, 0.717) is 6.54 Å². The van der Waals surface area contributed by atoms with Gasteiger partial charge in [0.05, 0.1) is 11.3 Å². The summed E-state index contributed by atoms with van der Waals surface area (Å²) in [5.74, 6) is 0. The van der Waals surface area contributed by atoms with Gasteiger partial charge in [0.1, 0.15) is 0 Å². The Labute approximate surface area is 123 Å². The fourth-order valence-electron chi connectivity index (χ4n) is 1.79. The van der Waals surface area contributed by atoms with Crippen molar-refractivity contribution >= 4 is 15.9 Å². The molecule has 1 N–H and O–H groups in total. The third kappa shape index (κ3) is 4.05. The lowest BCUT2D eigenvalue weighted by Crippen LogP contribution is -2.17. The average molecular weight is 345 g/mol. The molecule has 1 heterocycles. The second kappa shape index (κ2) is 6.37. The van der Waals surface area contributed by atoms with Gasteiger partial charge in [-0.25, -0.2) is 0 Å². The summed E-state index contributed by atoms with van der Waals surface area (Å²) < 4.78 is 39.3. The third-order valence-corrected chi connectivity index (χ3v) is 3.20. The van der Waals surface area contributed by atoms with Crippen LogP contribution in [-0.4, -0.2) is 4.98 Å². The maximum absolute atomic E-state index is 12.8. The highest BCUT2D eigenvalue weighted by atomic mass is 79.9. The Hall–Kier alpha value is -1.40. The fourth-order valence-corrected chi connectivity index (χ4v) is 2.02. The van der Waals surface area contributed by atoms with Gasteiger partial charge < -0.3 is 5.32 Å².